The van der Waals surface area contributed by atoms with Crippen LogP contribution in [0.3, 0.4) is 0 Å². The minimum absolute atomic E-state index is 0.0882. The van der Waals surface area contributed by atoms with Crippen LogP contribution in [0.15, 0.2) is 218 Å². The largest absolute Gasteiger partial charge is 0.309 e. The first-order chi connectivity index (χ1) is 36.5. The second-order valence-electron chi connectivity index (χ2n) is 22.6. The Kier molecular flexibility index (Phi) is 9.08. The maximum atomic E-state index is 5.42. The Morgan fingerprint density at radius 3 is 1.32 bits per heavy atom. The van der Waals surface area contributed by atoms with E-state index in [-0.39, 0.29) is 16.2 Å². The van der Waals surface area contributed by atoms with Gasteiger partial charge in [-0.25, -0.2) is 9.97 Å². The third-order valence-electron chi connectivity index (χ3n) is 17.3. The Morgan fingerprint density at radius 1 is 0.320 bits per heavy atom. The molecule has 0 atom stereocenters. The number of allylic oxidation sites excluding steroid dienone is 2. The maximum Gasteiger partial charge on any atom is 0.235 e. The van der Waals surface area contributed by atoms with Crippen LogP contribution < -0.4 is 0 Å². The van der Waals surface area contributed by atoms with Crippen LogP contribution in [-0.4, -0.2) is 19.1 Å². The van der Waals surface area contributed by atoms with E-state index in [4.69, 9.17) is 9.97 Å². The topological polar surface area (TPSA) is 35.6 Å². The van der Waals surface area contributed by atoms with Crippen LogP contribution in [0.2, 0.25) is 0 Å². The second kappa shape index (κ2) is 15.6. The van der Waals surface area contributed by atoms with Crippen molar-refractivity contribution in [2.24, 2.45) is 0 Å². The van der Waals surface area contributed by atoms with Gasteiger partial charge in [-0.1, -0.05) is 199 Å². The molecule has 0 radical (unpaired) electrons. The van der Waals surface area contributed by atoms with Crippen molar-refractivity contribution in [3.8, 4) is 67.7 Å². The zero-order chi connectivity index (χ0) is 50.5. The highest BCUT2D eigenvalue weighted by molar-refractivity contribution is 6.13. The Labute approximate surface area is 438 Å². The molecule has 4 nitrogen and oxygen atoms in total. The van der Waals surface area contributed by atoms with Crippen LogP contribution in [0.4, 0.5) is 0 Å². The van der Waals surface area contributed by atoms with Crippen LogP contribution in [0, 0.1) is 0 Å². The smallest absolute Gasteiger partial charge is 0.235 e. The molecule has 3 aromatic heterocycles. The lowest BCUT2D eigenvalue weighted by Crippen LogP contribution is -2.19. The van der Waals surface area contributed by atoms with Crippen LogP contribution in [0.1, 0.15) is 74.9 Å². The fourth-order valence-electron chi connectivity index (χ4n) is 13.8. The monoisotopic (exact) mass is 962 g/mol. The van der Waals surface area contributed by atoms with Crippen molar-refractivity contribution in [2.45, 2.75) is 57.8 Å². The summed E-state index contributed by atoms with van der Waals surface area (Å²) in [5.41, 5.74) is 26.4. The molecule has 0 unspecified atom stereocenters. The highest BCUT2D eigenvalue weighted by Gasteiger charge is 2.49. The maximum absolute atomic E-state index is 5.42. The number of fused-ring (bicyclic) bond motifs is 12. The highest BCUT2D eigenvalue weighted by Crippen LogP contribution is 2.63. The highest BCUT2D eigenvalue weighted by atomic mass is 15.2. The average molecular weight is 963 g/mol. The third kappa shape index (κ3) is 6.17. The summed E-state index contributed by atoms with van der Waals surface area (Å²) in [5, 5.41) is 3.67. The molecule has 75 heavy (non-hydrogen) atoms. The molecular weight excluding hydrogens is 909 g/mol. The number of rotatable bonds is 6. The minimum Gasteiger partial charge on any atom is -0.309 e. The summed E-state index contributed by atoms with van der Waals surface area (Å²) in [4.78, 5) is 10.8. The summed E-state index contributed by atoms with van der Waals surface area (Å²) in [7, 11) is 0. The Hall–Kier alpha value is -8.86. The summed E-state index contributed by atoms with van der Waals surface area (Å²) in [6, 6.07) is 80.3. The van der Waals surface area contributed by atoms with Gasteiger partial charge in [-0.15, -0.1) is 0 Å². The third-order valence-corrected chi connectivity index (χ3v) is 17.3. The van der Waals surface area contributed by atoms with Crippen LogP contribution in [-0.2, 0) is 16.2 Å². The van der Waals surface area contributed by atoms with Gasteiger partial charge in [0.2, 0.25) is 5.95 Å². The van der Waals surface area contributed by atoms with Crippen molar-refractivity contribution in [3.05, 3.63) is 252 Å². The van der Waals surface area contributed by atoms with Crippen molar-refractivity contribution in [2.75, 3.05) is 0 Å². The number of nitrogens with zero attached hydrogens (tertiary/aromatic N) is 4. The number of para-hydroxylation sites is 1. The predicted octanol–water partition coefficient (Wildman–Crippen LogP) is 18.0. The molecule has 12 aromatic rings. The fraction of sp³-hybridized carbons (Fsp3) is 0.127. The van der Waals surface area contributed by atoms with Crippen LogP contribution in [0.5, 0.6) is 0 Å². The lowest BCUT2D eigenvalue weighted by atomic mass is 9.75. The molecule has 3 aliphatic carbocycles. The molecule has 358 valence electrons. The molecule has 9 aromatic carbocycles. The number of benzene rings is 9. The van der Waals surface area contributed by atoms with E-state index >= 15 is 0 Å². The van der Waals surface area contributed by atoms with E-state index in [1.54, 1.807) is 0 Å². The molecule has 0 aliphatic heterocycles. The van der Waals surface area contributed by atoms with Gasteiger partial charge in [0.15, 0.2) is 0 Å². The zero-order valence-corrected chi connectivity index (χ0v) is 43.1. The van der Waals surface area contributed by atoms with Gasteiger partial charge in [-0.2, -0.15) is 0 Å². The normalized spacial score (nSPS) is 15.3. The minimum atomic E-state index is -0.278. The first-order valence-corrected chi connectivity index (χ1v) is 26.4. The van der Waals surface area contributed by atoms with Crippen molar-refractivity contribution in [1.82, 2.24) is 19.1 Å². The summed E-state index contributed by atoms with van der Waals surface area (Å²) < 4.78 is 4.77. The van der Waals surface area contributed by atoms with E-state index in [0.717, 1.165) is 39.4 Å². The molecule has 15 rings (SSSR count). The predicted molar refractivity (Wildman–Crippen MR) is 312 cm³/mol. The molecule has 3 aliphatic rings. The molecule has 0 bridgehead atoms. The van der Waals surface area contributed by atoms with Gasteiger partial charge in [-0.05, 0) is 127 Å². The van der Waals surface area contributed by atoms with E-state index < -0.39 is 0 Å². The first-order valence-electron chi connectivity index (χ1n) is 26.4. The van der Waals surface area contributed by atoms with Crippen molar-refractivity contribution in [3.63, 3.8) is 0 Å². The van der Waals surface area contributed by atoms with E-state index in [1.165, 1.54) is 99.5 Å². The summed E-state index contributed by atoms with van der Waals surface area (Å²) in [6.45, 7) is 14.4. The van der Waals surface area contributed by atoms with Gasteiger partial charge in [-0.3, -0.25) is 4.57 Å². The molecule has 0 fully saturated rings. The number of aromatic nitrogens is 4. The second-order valence-corrected chi connectivity index (χ2v) is 22.6. The molecule has 0 saturated heterocycles. The van der Waals surface area contributed by atoms with E-state index in [0.29, 0.717) is 5.95 Å². The van der Waals surface area contributed by atoms with Gasteiger partial charge in [0.05, 0.1) is 33.6 Å². The van der Waals surface area contributed by atoms with Crippen LogP contribution >= 0.6 is 0 Å². The van der Waals surface area contributed by atoms with E-state index in [9.17, 15) is 0 Å². The van der Waals surface area contributed by atoms with Gasteiger partial charge < -0.3 is 4.57 Å². The summed E-state index contributed by atoms with van der Waals surface area (Å²) in [5.74, 6) is 0.661. The van der Waals surface area contributed by atoms with Crippen molar-refractivity contribution < 1.29 is 0 Å². The summed E-state index contributed by atoms with van der Waals surface area (Å²) >= 11 is 0. The lowest BCUT2D eigenvalue weighted by molar-refractivity contribution is 0.666. The Morgan fingerprint density at radius 2 is 0.747 bits per heavy atom. The fourth-order valence-corrected chi connectivity index (χ4v) is 13.8. The van der Waals surface area contributed by atoms with Crippen molar-refractivity contribution >= 4 is 43.9 Å². The van der Waals surface area contributed by atoms with Gasteiger partial charge in [0, 0.05) is 54.8 Å². The van der Waals surface area contributed by atoms with E-state index in [1.807, 2.05) is 0 Å². The average Bonchev–Trinajstić information content (AvgIpc) is 4.37. The molecule has 0 amide bonds. The quantitative estimate of drug-likeness (QED) is 0.166. The van der Waals surface area contributed by atoms with Gasteiger partial charge >= 0.3 is 0 Å². The first kappa shape index (κ1) is 43.7. The Bertz CT molecular complexity index is 4350. The van der Waals surface area contributed by atoms with Crippen LogP contribution in [0.25, 0.3) is 112 Å². The Balaban J connectivity index is 0.918. The summed E-state index contributed by atoms with van der Waals surface area (Å²) in [6.07, 6.45) is 0. The molecule has 3 heterocycles. The standard InChI is InChI=1S/C71H54N4/c1-69(2)56-28-18-16-26-50(56)64-65(69)54-40-45(30-34-58(54)70(64,3)4)46-31-35-61-52(38-46)53-39-47(32-36-62(53)74(61)49-24-14-9-15-25-49)48-33-37-63-55(41-48)66-67(51-27-17-19-29-57(51)71(66,5)6)75(63)68-72-59(43-20-10-7-11-21-43)42-60(73-68)44-22-12-8-13-23-44/h7-42H,1-6H3. The number of hydrogen-bond acceptors (Lipinski definition) is 2. The van der Waals surface area contributed by atoms with Gasteiger partial charge in [0.1, 0.15) is 0 Å². The SMILES string of the molecule is CC1(C)C2=C(c3ccccc31)C(C)(C)c1ccc(-c3ccc4c(c3)c3cc(-c5ccc6c(c5)c5c(n6-c6nc(-c7ccccc7)cc(-c7ccccc7)n6)-c6ccccc6C5(C)C)ccc3n4-c3ccccc3)cc12. The molecule has 0 saturated carbocycles. The molecular formula is C71H54N4. The van der Waals surface area contributed by atoms with Gasteiger partial charge in [0.25, 0.3) is 0 Å². The lowest BCUT2D eigenvalue weighted by Gasteiger charge is -2.28. The molecule has 0 N–H and O–H groups in total. The van der Waals surface area contributed by atoms with Crippen molar-refractivity contribution in [1.29, 1.82) is 0 Å². The van der Waals surface area contributed by atoms with E-state index in [2.05, 4.69) is 269 Å². The molecule has 0 spiro atoms. The zero-order valence-electron chi connectivity index (χ0n) is 43.1. The number of hydrogen-bond donors (Lipinski definition) is 0. The molecule has 4 heteroatoms.